The van der Waals surface area contributed by atoms with E-state index in [4.69, 9.17) is 4.74 Å². The molecule has 1 rings (SSSR count). The van der Waals surface area contributed by atoms with E-state index in [0.717, 1.165) is 0 Å². The minimum absolute atomic E-state index is 0.340. The van der Waals surface area contributed by atoms with E-state index in [9.17, 15) is 4.79 Å². The maximum atomic E-state index is 11.5. The summed E-state index contributed by atoms with van der Waals surface area (Å²) >= 11 is 0. The van der Waals surface area contributed by atoms with Gasteiger partial charge in [0.05, 0.1) is 8.07 Å². The summed E-state index contributed by atoms with van der Waals surface area (Å²) in [5, 5.41) is 1.35. The lowest BCUT2D eigenvalue weighted by molar-refractivity contribution is -0.130. The van der Waals surface area contributed by atoms with Gasteiger partial charge in [-0.15, -0.1) is 0 Å². The maximum Gasteiger partial charge on any atom is 0.338 e. The molecule has 0 saturated heterocycles. The number of esters is 1. The zero-order valence-electron chi connectivity index (χ0n) is 11.0. The van der Waals surface area contributed by atoms with Crippen molar-refractivity contribution < 1.29 is 9.53 Å². The van der Waals surface area contributed by atoms with E-state index in [1.165, 1.54) is 5.19 Å². The minimum atomic E-state index is -1.28. The summed E-state index contributed by atoms with van der Waals surface area (Å²) in [4.78, 5) is 11.5. The Balaban J connectivity index is 2.76. The average Bonchev–Trinajstić information content (AvgIpc) is 2.27. The SMILES string of the molecule is C=C(CC)C(=O)Oc1ccc([Si](C)(C)C)cc1. The second kappa shape index (κ2) is 5.32. The fourth-order valence-electron chi connectivity index (χ4n) is 1.35. The molecule has 0 aromatic heterocycles. The monoisotopic (exact) mass is 248 g/mol. The Morgan fingerprint density at radius 1 is 1.24 bits per heavy atom. The van der Waals surface area contributed by atoms with Crippen LogP contribution in [0.4, 0.5) is 0 Å². The Morgan fingerprint density at radius 3 is 2.18 bits per heavy atom. The van der Waals surface area contributed by atoms with Gasteiger partial charge in [0.2, 0.25) is 0 Å². The van der Waals surface area contributed by atoms with Crippen LogP contribution in [0.1, 0.15) is 13.3 Å². The molecule has 1 aromatic carbocycles. The van der Waals surface area contributed by atoms with Gasteiger partial charge in [0, 0.05) is 5.57 Å². The molecule has 0 bridgehead atoms. The number of carbonyl (C=O) groups is 1. The van der Waals surface area contributed by atoms with Crippen LogP contribution in [0.3, 0.4) is 0 Å². The number of benzene rings is 1. The van der Waals surface area contributed by atoms with Crippen LogP contribution in [-0.2, 0) is 4.79 Å². The van der Waals surface area contributed by atoms with Crippen molar-refractivity contribution in [3.8, 4) is 5.75 Å². The molecular weight excluding hydrogens is 228 g/mol. The lowest BCUT2D eigenvalue weighted by atomic mass is 10.2. The molecule has 0 radical (unpaired) electrons. The van der Waals surface area contributed by atoms with Crippen LogP contribution in [-0.4, -0.2) is 14.0 Å². The molecule has 0 aliphatic rings. The molecule has 0 N–H and O–H groups in total. The third kappa shape index (κ3) is 3.86. The minimum Gasteiger partial charge on any atom is -0.423 e. The summed E-state index contributed by atoms with van der Waals surface area (Å²) in [7, 11) is -1.28. The predicted molar refractivity (Wildman–Crippen MR) is 74.5 cm³/mol. The van der Waals surface area contributed by atoms with Crippen LogP contribution in [0.5, 0.6) is 5.75 Å². The molecule has 0 amide bonds. The maximum absolute atomic E-state index is 11.5. The molecule has 0 spiro atoms. The van der Waals surface area contributed by atoms with Crippen molar-refractivity contribution in [1.29, 1.82) is 0 Å². The lowest BCUT2D eigenvalue weighted by Crippen LogP contribution is -2.37. The largest absolute Gasteiger partial charge is 0.423 e. The third-order valence-corrected chi connectivity index (χ3v) is 4.71. The van der Waals surface area contributed by atoms with Gasteiger partial charge >= 0.3 is 5.97 Å². The Hall–Kier alpha value is -1.35. The number of hydrogen-bond acceptors (Lipinski definition) is 2. The highest BCUT2D eigenvalue weighted by atomic mass is 28.3. The summed E-state index contributed by atoms with van der Waals surface area (Å²) in [6.45, 7) is 12.4. The van der Waals surface area contributed by atoms with E-state index in [2.05, 4.69) is 26.2 Å². The van der Waals surface area contributed by atoms with E-state index in [1.807, 2.05) is 31.2 Å². The van der Waals surface area contributed by atoms with Gasteiger partial charge in [0.25, 0.3) is 0 Å². The second-order valence-corrected chi connectivity index (χ2v) is 10.2. The lowest BCUT2D eigenvalue weighted by Gasteiger charge is -2.16. The molecule has 3 heteroatoms. The quantitative estimate of drug-likeness (QED) is 0.354. The Bertz CT molecular complexity index is 413. The van der Waals surface area contributed by atoms with Crippen molar-refractivity contribution in [2.75, 3.05) is 0 Å². The molecule has 0 heterocycles. The number of ether oxygens (including phenoxy) is 1. The number of carbonyl (C=O) groups excluding carboxylic acids is 1. The highest BCUT2D eigenvalue weighted by molar-refractivity contribution is 6.88. The Labute approximate surface area is 104 Å². The Morgan fingerprint density at radius 2 is 1.76 bits per heavy atom. The molecule has 17 heavy (non-hydrogen) atoms. The standard InChI is InChI=1S/C14H20O2Si/c1-6-11(2)14(15)16-12-7-9-13(10-8-12)17(3,4)5/h7-10H,2,6H2,1,3-5H3. The van der Waals surface area contributed by atoms with Gasteiger partial charge in [-0.1, -0.05) is 50.5 Å². The van der Waals surface area contributed by atoms with Crippen LogP contribution in [0.15, 0.2) is 36.4 Å². The molecule has 0 atom stereocenters. The van der Waals surface area contributed by atoms with Gasteiger partial charge in [-0.3, -0.25) is 0 Å². The first-order valence-corrected chi connectivity index (χ1v) is 9.35. The van der Waals surface area contributed by atoms with E-state index in [-0.39, 0.29) is 5.97 Å². The summed E-state index contributed by atoms with van der Waals surface area (Å²) in [6.07, 6.45) is 0.617. The van der Waals surface area contributed by atoms with Crippen molar-refractivity contribution in [2.24, 2.45) is 0 Å². The number of rotatable bonds is 4. The van der Waals surface area contributed by atoms with Gasteiger partial charge in [-0.05, 0) is 18.6 Å². The molecule has 0 aliphatic carbocycles. The van der Waals surface area contributed by atoms with E-state index >= 15 is 0 Å². The molecule has 0 saturated carbocycles. The third-order valence-electron chi connectivity index (χ3n) is 2.65. The normalized spacial score (nSPS) is 11.1. The van der Waals surface area contributed by atoms with Crippen LogP contribution in [0.25, 0.3) is 0 Å². The predicted octanol–water partition coefficient (Wildman–Crippen LogP) is 3.10. The second-order valence-electron chi connectivity index (χ2n) is 5.12. The van der Waals surface area contributed by atoms with Crippen LogP contribution < -0.4 is 9.92 Å². The summed E-state index contributed by atoms with van der Waals surface area (Å²) in [5.41, 5.74) is 0.499. The zero-order chi connectivity index (χ0) is 13.1. The van der Waals surface area contributed by atoms with Gasteiger partial charge in [0.15, 0.2) is 0 Å². The molecule has 92 valence electrons. The fraction of sp³-hybridized carbons (Fsp3) is 0.357. The fourth-order valence-corrected chi connectivity index (χ4v) is 2.51. The molecule has 0 aliphatic heterocycles. The van der Waals surface area contributed by atoms with Gasteiger partial charge in [-0.25, -0.2) is 4.79 Å². The average molecular weight is 248 g/mol. The molecular formula is C14H20O2Si. The zero-order valence-corrected chi connectivity index (χ0v) is 12.0. The topological polar surface area (TPSA) is 26.3 Å². The van der Waals surface area contributed by atoms with E-state index in [0.29, 0.717) is 17.7 Å². The molecule has 0 fully saturated rings. The van der Waals surface area contributed by atoms with Gasteiger partial charge in [-0.2, -0.15) is 0 Å². The van der Waals surface area contributed by atoms with Crippen molar-refractivity contribution in [2.45, 2.75) is 33.0 Å². The Kier molecular flexibility index (Phi) is 4.29. The van der Waals surface area contributed by atoms with Crippen molar-refractivity contribution in [3.63, 3.8) is 0 Å². The summed E-state index contributed by atoms with van der Waals surface area (Å²) in [5.74, 6) is 0.250. The van der Waals surface area contributed by atoms with Crippen molar-refractivity contribution in [1.82, 2.24) is 0 Å². The first-order chi connectivity index (χ1) is 7.84. The molecule has 1 aromatic rings. The van der Waals surface area contributed by atoms with Gasteiger partial charge in [0.1, 0.15) is 5.75 Å². The van der Waals surface area contributed by atoms with Crippen LogP contribution in [0.2, 0.25) is 19.6 Å². The highest BCUT2D eigenvalue weighted by Crippen LogP contribution is 2.13. The van der Waals surface area contributed by atoms with Crippen LogP contribution >= 0.6 is 0 Å². The summed E-state index contributed by atoms with van der Waals surface area (Å²) < 4.78 is 5.21. The smallest absolute Gasteiger partial charge is 0.338 e. The van der Waals surface area contributed by atoms with Gasteiger partial charge < -0.3 is 4.74 Å². The first-order valence-electron chi connectivity index (χ1n) is 5.85. The van der Waals surface area contributed by atoms with E-state index < -0.39 is 8.07 Å². The molecule has 0 unspecified atom stereocenters. The van der Waals surface area contributed by atoms with Crippen molar-refractivity contribution >= 4 is 19.2 Å². The highest BCUT2D eigenvalue weighted by Gasteiger charge is 2.16. The molecule has 2 nitrogen and oxygen atoms in total. The summed E-state index contributed by atoms with van der Waals surface area (Å²) in [6, 6.07) is 7.80. The van der Waals surface area contributed by atoms with Crippen LogP contribution in [0, 0.1) is 0 Å². The van der Waals surface area contributed by atoms with E-state index in [1.54, 1.807) is 0 Å². The first kappa shape index (κ1) is 13.7. The van der Waals surface area contributed by atoms with Crippen molar-refractivity contribution in [3.05, 3.63) is 36.4 Å². The number of hydrogen-bond donors (Lipinski definition) is 0.